The average molecular weight is 324 g/mol. The third kappa shape index (κ3) is 3.40. The van der Waals surface area contributed by atoms with E-state index in [1.165, 1.54) is 0 Å². The van der Waals surface area contributed by atoms with Crippen LogP contribution in [0.5, 0.6) is 0 Å². The Bertz CT molecular complexity index is 747. The molecular formula is C19H20N2O3. The first kappa shape index (κ1) is 16.1. The molecule has 1 aliphatic heterocycles. The number of rotatable bonds is 3. The molecule has 24 heavy (non-hydrogen) atoms. The summed E-state index contributed by atoms with van der Waals surface area (Å²) in [5, 5.41) is 9.10. The lowest BCUT2D eigenvalue weighted by Crippen LogP contribution is -2.48. The highest BCUT2D eigenvalue weighted by molar-refractivity contribution is 5.94. The molecule has 3 rings (SSSR count). The number of carboxylic acid groups (broad SMARTS) is 1. The molecule has 0 bridgehead atoms. The van der Waals surface area contributed by atoms with Crippen molar-refractivity contribution < 1.29 is 14.7 Å². The van der Waals surface area contributed by atoms with Gasteiger partial charge in [0.1, 0.15) is 0 Å². The number of benzene rings is 2. The largest absolute Gasteiger partial charge is 0.478 e. The smallest absolute Gasteiger partial charge is 0.335 e. The molecule has 5 heteroatoms. The lowest BCUT2D eigenvalue weighted by Gasteiger charge is -2.36. The second kappa shape index (κ2) is 6.74. The third-order valence-corrected chi connectivity index (χ3v) is 4.32. The third-order valence-electron chi connectivity index (χ3n) is 4.32. The first-order valence-corrected chi connectivity index (χ1v) is 7.99. The Hall–Kier alpha value is -2.82. The monoisotopic (exact) mass is 324 g/mol. The molecule has 0 spiro atoms. The van der Waals surface area contributed by atoms with E-state index in [1.807, 2.05) is 42.2 Å². The lowest BCUT2D eigenvalue weighted by molar-refractivity contribution is 0.0696. The summed E-state index contributed by atoms with van der Waals surface area (Å²) in [4.78, 5) is 27.6. The summed E-state index contributed by atoms with van der Waals surface area (Å²) in [5.41, 5.74) is 3.01. The molecule has 1 amide bonds. The molecule has 0 saturated carbocycles. The van der Waals surface area contributed by atoms with Crippen molar-refractivity contribution in [1.29, 1.82) is 0 Å². The van der Waals surface area contributed by atoms with Crippen LogP contribution in [0.2, 0.25) is 0 Å². The molecule has 2 aromatic rings. The van der Waals surface area contributed by atoms with E-state index in [4.69, 9.17) is 5.11 Å². The highest BCUT2D eigenvalue weighted by atomic mass is 16.4. The van der Waals surface area contributed by atoms with Crippen molar-refractivity contribution in [2.45, 2.75) is 6.92 Å². The van der Waals surface area contributed by atoms with Crippen LogP contribution in [0.25, 0.3) is 0 Å². The van der Waals surface area contributed by atoms with Crippen LogP contribution in [0.1, 0.15) is 26.3 Å². The molecule has 0 atom stereocenters. The van der Waals surface area contributed by atoms with Gasteiger partial charge in [-0.2, -0.15) is 0 Å². The van der Waals surface area contributed by atoms with Crippen molar-refractivity contribution >= 4 is 17.6 Å². The van der Waals surface area contributed by atoms with Gasteiger partial charge in [-0.15, -0.1) is 0 Å². The quantitative estimate of drug-likeness (QED) is 0.943. The highest BCUT2D eigenvalue weighted by Crippen LogP contribution is 2.19. The zero-order valence-corrected chi connectivity index (χ0v) is 13.6. The molecule has 1 fully saturated rings. The van der Waals surface area contributed by atoms with Gasteiger partial charge in [-0.05, 0) is 37.3 Å². The van der Waals surface area contributed by atoms with Crippen LogP contribution in [0.4, 0.5) is 5.69 Å². The molecule has 0 aliphatic carbocycles. The summed E-state index contributed by atoms with van der Waals surface area (Å²) in [6.45, 7) is 4.65. The normalized spacial score (nSPS) is 14.5. The van der Waals surface area contributed by atoms with Crippen LogP contribution in [-0.4, -0.2) is 48.1 Å². The molecule has 5 nitrogen and oxygen atoms in total. The van der Waals surface area contributed by atoms with Gasteiger partial charge in [0.15, 0.2) is 0 Å². The maximum atomic E-state index is 12.5. The number of carbonyl (C=O) groups excluding carboxylic acids is 1. The van der Waals surface area contributed by atoms with Crippen molar-refractivity contribution in [3.05, 3.63) is 65.2 Å². The number of nitrogens with zero attached hydrogens (tertiary/aromatic N) is 2. The Balaban J connectivity index is 1.65. The van der Waals surface area contributed by atoms with Crippen LogP contribution in [0.3, 0.4) is 0 Å². The number of carbonyl (C=O) groups is 2. The minimum atomic E-state index is -0.926. The molecule has 124 valence electrons. The van der Waals surface area contributed by atoms with E-state index in [0.29, 0.717) is 31.7 Å². The van der Waals surface area contributed by atoms with Gasteiger partial charge in [-0.1, -0.05) is 23.8 Å². The van der Waals surface area contributed by atoms with Gasteiger partial charge >= 0.3 is 5.97 Å². The molecule has 0 aromatic heterocycles. The van der Waals surface area contributed by atoms with Crippen LogP contribution >= 0.6 is 0 Å². The fraction of sp³-hybridized carbons (Fsp3) is 0.263. The van der Waals surface area contributed by atoms with Gasteiger partial charge in [-0.3, -0.25) is 4.79 Å². The fourth-order valence-electron chi connectivity index (χ4n) is 2.88. The van der Waals surface area contributed by atoms with E-state index < -0.39 is 5.97 Å². The average Bonchev–Trinajstić information content (AvgIpc) is 2.62. The molecular weight excluding hydrogens is 304 g/mol. The van der Waals surface area contributed by atoms with E-state index in [1.54, 1.807) is 18.2 Å². The minimum Gasteiger partial charge on any atom is -0.478 e. The number of piperazine rings is 1. The van der Waals surface area contributed by atoms with E-state index >= 15 is 0 Å². The number of carboxylic acids is 1. The zero-order valence-electron chi connectivity index (χ0n) is 13.6. The SMILES string of the molecule is Cc1ccc(C(=O)N2CCN(c3cccc(C(=O)O)c3)CC2)cc1. The Morgan fingerprint density at radius 2 is 1.58 bits per heavy atom. The summed E-state index contributed by atoms with van der Waals surface area (Å²) in [6, 6.07) is 14.5. The Labute approximate surface area is 141 Å². The Morgan fingerprint density at radius 1 is 0.917 bits per heavy atom. The van der Waals surface area contributed by atoms with E-state index in [-0.39, 0.29) is 11.5 Å². The first-order chi connectivity index (χ1) is 11.5. The van der Waals surface area contributed by atoms with Crippen molar-refractivity contribution in [3.8, 4) is 0 Å². The zero-order chi connectivity index (χ0) is 17.1. The summed E-state index contributed by atoms with van der Waals surface area (Å²) < 4.78 is 0. The van der Waals surface area contributed by atoms with Gasteiger partial charge in [0.2, 0.25) is 0 Å². The second-order valence-electron chi connectivity index (χ2n) is 6.00. The van der Waals surface area contributed by atoms with Gasteiger partial charge in [0.25, 0.3) is 5.91 Å². The second-order valence-corrected chi connectivity index (χ2v) is 6.00. The van der Waals surface area contributed by atoms with Crippen molar-refractivity contribution in [3.63, 3.8) is 0 Å². The minimum absolute atomic E-state index is 0.0499. The molecule has 0 radical (unpaired) electrons. The predicted molar refractivity (Wildman–Crippen MR) is 92.7 cm³/mol. The van der Waals surface area contributed by atoms with Crippen molar-refractivity contribution in [1.82, 2.24) is 4.90 Å². The first-order valence-electron chi connectivity index (χ1n) is 7.99. The Morgan fingerprint density at radius 3 is 2.21 bits per heavy atom. The van der Waals surface area contributed by atoms with Gasteiger partial charge < -0.3 is 14.9 Å². The lowest BCUT2D eigenvalue weighted by atomic mass is 10.1. The number of aromatic carboxylic acids is 1. The molecule has 1 aliphatic rings. The number of hydrogen-bond acceptors (Lipinski definition) is 3. The summed E-state index contributed by atoms with van der Waals surface area (Å²) in [7, 11) is 0. The summed E-state index contributed by atoms with van der Waals surface area (Å²) >= 11 is 0. The van der Waals surface area contributed by atoms with Crippen LogP contribution in [0, 0.1) is 6.92 Å². The van der Waals surface area contributed by atoms with Crippen LogP contribution in [-0.2, 0) is 0 Å². The summed E-state index contributed by atoms with van der Waals surface area (Å²) in [5.74, 6) is -0.876. The maximum absolute atomic E-state index is 12.5. The highest BCUT2D eigenvalue weighted by Gasteiger charge is 2.22. The van der Waals surface area contributed by atoms with Gasteiger partial charge in [-0.25, -0.2) is 4.79 Å². The maximum Gasteiger partial charge on any atom is 0.335 e. The molecule has 1 saturated heterocycles. The molecule has 1 N–H and O–H groups in total. The summed E-state index contributed by atoms with van der Waals surface area (Å²) in [6.07, 6.45) is 0. The standard InChI is InChI=1S/C19H20N2O3/c1-14-5-7-15(8-6-14)18(22)21-11-9-20(10-12-21)17-4-2-3-16(13-17)19(23)24/h2-8,13H,9-12H2,1H3,(H,23,24). The van der Waals surface area contributed by atoms with E-state index in [0.717, 1.165) is 11.3 Å². The Kier molecular flexibility index (Phi) is 4.51. The molecule has 1 heterocycles. The van der Waals surface area contributed by atoms with Crippen molar-refractivity contribution in [2.24, 2.45) is 0 Å². The van der Waals surface area contributed by atoms with Crippen LogP contribution in [0.15, 0.2) is 48.5 Å². The van der Waals surface area contributed by atoms with Crippen LogP contribution < -0.4 is 4.90 Å². The topological polar surface area (TPSA) is 60.9 Å². The van der Waals surface area contributed by atoms with E-state index in [9.17, 15) is 9.59 Å². The number of amides is 1. The van der Waals surface area contributed by atoms with Gasteiger partial charge in [0.05, 0.1) is 5.56 Å². The van der Waals surface area contributed by atoms with E-state index in [2.05, 4.69) is 4.90 Å². The number of hydrogen-bond donors (Lipinski definition) is 1. The number of aryl methyl sites for hydroxylation is 1. The predicted octanol–water partition coefficient (Wildman–Crippen LogP) is 2.66. The fourth-order valence-corrected chi connectivity index (χ4v) is 2.88. The molecule has 2 aromatic carbocycles. The number of anilines is 1. The van der Waals surface area contributed by atoms with Gasteiger partial charge in [0, 0.05) is 37.4 Å². The molecule has 0 unspecified atom stereocenters. The van der Waals surface area contributed by atoms with Crippen molar-refractivity contribution in [2.75, 3.05) is 31.1 Å².